The second kappa shape index (κ2) is 6.55. The van der Waals surface area contributed by atoms with Crippen molar-refractivity contribution in [3.63, 3.8) is 0 Å². The van der Waals surface area contributed by atoms with E-state index in [1.54, 1.807) is 43.3 Å². The molecule has 1 atom stereocenters. The predicted molar refractivity (Wildman–Crippen MR) is 88.0 cm³/mol. The Balaban J connectivity index is 1.68. The number of aryl methyl sites for hydroxylation is 1. The molecule has 122 valence electrons. The van der Waals surface area contributed by atoms with Crippen molar-refractivity contribution >= 4 is 22.8 Å². The fourth-order valence-electron chi connectivity index (χ4n) is 2.42. The molecule has 1 aromatic heterocycles. The van der Waals surface area contributed by atoms with Gasteiger partial charge in [0.2, 0.25) is 0 Å². The molecule has 3 aromatic rings. The summed E-state index contributed by atoms with van der Waals surface area (Å²) >= 11 is 0. The van der Waals surface area contributed by atoms with Crippen molar-refractivity contribution < 1.29 is 19.1 Å². The van der Waals surface area contributed by atoms with Gasteiger partial charge in [-0.25, -0.2) is 0 Å². The minimum absolute atomic E-state index is 0.116. The number of carbonyl (C=O) groups excluding carboxylic acids is 2. The third-order valence-corrected chi connectivity index (χ3v) is 3.71. The van der Waals surface area contributed by atoms with Gasteiger partial charge in [-0.05, 0) is 18.6 Å². The maximum Gasteiger partial charge on any atom is 0.305 e. The largest absolute Gasteiger partial charge is 0.451 e. The van der Waals surface area contributed by atoms with Gasteiger partial charge in [-0.1, -0.05) is 48.5 Å². The minimum Gasteiger partial charge on any atom is -0.451 e. The zero-order valence-corrected chi connectivity index (χ0v) is 12.9. The van der Waals surface area contributed by atoms with Crippen LogP contribution in [-0.2, 0) is 4.79 Å². The molecule has 3 N–H and O–H groups in total. The number of aliphatic hydroxyl groups excluding tert-OH is 1. The first-order chi connectivity index (χ1) is 11.6. The highest BCUT2D eigenvalue weighted by molar-refractivity contribution is 5.99. The summed E-state index contributed by atoms with van der Waals surface area (Å²) in [6.07, 6.45) is -1.37. The third-order valence-electron chi connectivity index (χ3n) is 3.71. The van der Waals surface area contributed by atoms with Gasteiger partial charge >= 0.3 is 5.91 Å². The van der Waals surface area contributed by atoms with E-state index in [9.17, 15) is 14.7 Å². The van der Waals surface area contributed by atoms with Gasteiger partial charge in [0.05, 0.1) is 0 Å². The Hall–Kier alpha value is -3.12. The number of carbonyl (C=O) groups is 2. The number of amides is 2. The highest BCUT2D eigenvalue weighted by Gasteiger charge is 2.20. The number of aliphatic hydroxyl groups is 1. The van der Waals surface area contributed by atoms with Gasteiger partial charge in [-0.2, -0.15) is 0 Å². The van der Waals surface area contributed by atoms with Gasteiger partial charge in [0.25, 0.3) is 5.91 Å². The third kappa shape index (κ3) is 3.00. The molecule has 2 amide bonds. The van der Waals surface area contributed by atoms with Crippen LogP contribution in [0.3, 0.4) is 0 Å². The van der Waals surface area contributed by atoms with E-state index in [0.717, 1.165) is 5.39 Å². The van der Waals surface area contributed by atoms with E-state index in [-0.39, 0.29) is 5.76 Å². The van der Waals surface area contributed by atoms with Crippen LogP contribution in [0.25, 0.3) is 11.0 Å². The number of para-hydroxylation sites is 1. The maximum absolute atomic E-state index is 12.2. The molecule has 0 spiro atoms. The topological polar surface area (TPSA) is 91.6 Å². The number of hydrazine groups is 1. The van der Waals surface area contributed by atoms with Crippen molar-refractivity contribution in [2.75, 3.05) is 0 Å². The zero-order valence-electron chi connectivity index (χ0n) is 12.9. The molecule has 1 unspecified atom stereocenters. The van der Waals surface area contributed by atoms with Crippen molar-refractivity contribution in [2.24, 2.45) is 0 Å². The van der Waals surface area contributed by atoms with Crippen molar-refractivity contribution in [1.29, 1.82) is 0 Å². The molecule has 0 aliphatic carbocycles. The molecular formula is C18H16N2O4. The predicted octanol–water partition coefficient (Wildman–Crippen LogP) is 2.24. The van der Waals surface area contributed by atoms with E-state index in [1.165, 1.54) is 0 Å². The number of furan rings is 1. The Morgan fingerprint density at radius 3 is 2.38 bits per heavy atom. The van der Waals surface area contributed by atoms with E-state index >= 15 is 0 Å². The molecule has 0 saturated carbocycles. The molecule has 2 aromatic carbocycles. The summed E-state index contributed by atoms with van der Waals surface area (Å²) in [4.78, 5) is 24.1. The van der Waals surface area contributed by atoms with Crippen LogP contribution in [0.4, 0.5) is 0 Å². The highest BCUT2D eigenvalue weighted by atomic mass is 16.3. The molecule has 1 heterocycles. The van der Waals surface area contributed by atoms with Gasteiger partial charge in [0, 0.05) is 10.9 Å². The quantitative estimate of drug-likeness (QED) is 0.644. The minimum atomic E-state index is -1.37. The number of fused-ring (bicyclic) bond motifs is 1. The van der Waals surface area contributed by atoms with Crippen molar-refractivity contribution in [3.8, 4) is 0 Å². The lowest BCUT2D eigenvalue weighted by Crippen LogP contribution is -2.44. The summed E-state index contributed by atoms with van der Waals surface area (Å²) in [7, 11) is 0. The van der Waals surface area contributed by atoms with Crippen LogP contribution in [0.2, 0.25) is 0 Å². The van der Waals surface area contributed by atoms with E-state index < -0.39 is 17.9 Å². The summed E-state index contributed by atoms with van der Waals surface area (Å²) in [5.41, 5.74) is 6.17. The second-order valence-electron chi connectivity index (χ2n) is 5.31. The molecule has 0 bridgehead atoms. The first-order valence-corrected chi connectivity index (χ1v) is 7.39. The lowest BCUT2D eigenvalue weighted by atomic mass is 10.1. The zero-order chi connectivity index (χ0) is 17.1. The summed E-state index contributed by atoms with van der Waals surface area (Å²) in [5, 5.41) is 10.8. The Labute approximate surface area is 138 Å². The lowest BCUT2D eigenvalue weighted by Gasteiger charge is -2.12. The van der Waals surface area contributed by atoms with Gasteiger partial charge in [-0.3, -0.25) is 20.4 Å². The van der Waals surface area contributed by atoms with Crippen LogP contribution in [0.5, 0.6) is 0 Å². The van der Waals surface area contributed by atoms with Gasteiger partial charge < -0.3 is 9.52 Å². The molecule has 0 saturated heterocycles. The average Bonchev–Trinajstić information content (AvgIpc) is 2.96. The molecule has 3 rings (SSSR count). The van der Waals surface area contributed by atoms with E-state index in [4.69, 9.17) is 4.42 Å². The Bertz CT molecular complexity index is 886. The maximum atomic E-state index is 12.2. The van der Waals surface area contributed by atoms with Crippen LogP contribution in [0.15, 0.2) is 59.0 Å². The number of hydrogen-bond donors (Lipinski definition) is 3. The van der Waals surface area contributed by atoms with E-state index in [2.05, 4.69) is 10.9 Å². The highest BCUT2D eigenvalue weighted by Crippen LogP contribution is 2.24. The number of nitrogens with one attached hydrogen (secondary N) is 2. The molecule has 0 fully saturated rings. The first kappa shape index (κ1) is 15.8. The summed E-state index contributed by atoms with van der Waals surface area (Å²) < 4.78 is 5.51. The van der Waals surface area contributed by atoms with Crippen molar-refractivity contribution in [2.45, 2.75) is 13.0 Å². The smallest absolute Gasteiger partial charge is 0.305 e. The monoisotopic (exact) mass is 324 g/mol. The lowest BCUT2D eigenvalue weighted by molar-refractivity contribution is -0.130. The van der Waals surface area contributed by atoms with Gasteiger partial charge in [0.15, 0.2) is 11.9 Å². The fraction of sp³-hybridized carbons (Fsp3) is 0.111. The Morgan fingerprint density at radius 2 is 1.67 bits per heavy atom. The summed E-state index contributed by atoms with van der Waals surface area (Å²) in [6, 6.07) is 15.7. The van der Waals surface area contributed by atoms with E-state index in [1.807, 2.05) is 18.2 Å². The Morgan fingerprint density at radius 1 is 1.00 bits per heavy atom. The van der Waals surface area contributed by atoms with Crippen molar-refractivity contribution in [3.05, 3.63) is 71.5 Å². The molecule has 0 aliphatic rings. The van der Waals surface area contributed by atoms with Crippen LogP contribution >= 0.6 is 0 Å². The first-order valence-electron chi connectivity index (χ1n) is 7.39. The van der Waals surface area contributed by atoms with Gasteiger partial charge in [-0.15, -0.1) is 0 Å². The van der Waals surface area contributed by atoms with Crippen LogP contribution in [0.1, 0.15) is 27.8 Å². The van der Waals surface area contributed by atoms with E-state index in [0.29, 0.717) is 16.7 Å². The van der Waals surface area contributed by atoms with Gasteiger partial charge in [0.1, 0.15) is 5.58 Å². The fourth-order valence-corrected chi connectivity index (χ4v) is 2.42. The standard InChI is InChI=1S/C18H16N2O4/c1-11-13-9-5-6-10-14(13)24-16(11)18(23)20-19-17(22)15(21)12-7-3-2-4-8-12/h2-10,15,21H,1H3,(H,19,22)(H,20,23). The molecule has 6 nitrogen and oxygen atoms in total. The SMILES string of the molecule is Cc1c(C(=O)NNC(=O)C(O)c2ccccc2)oc2ccccc12. The second-order valence-corrected chi connectivity index (χ2v) is 5.31. The molecule has 6 heteroatoms. The molecule has 24 heavy (non-hydrogen) atoms. The number of rotatable bonds is 3. The van der Waals surface area contributed by atoms with Crippen molar-refractivity contribution in [1.82, 2.24) is 10.9 Å². The molecule has 0 radical (unpaired) electrons. The van der Waals surface area contributed by atoms with Crippen LogP contribution in [0, 0.1) is 6.92 Å². The number of hydrogen-bond acceptors (Lipinski definition) is 4. The van der Waals surface area contributed by atoms with Crippen LogP contribution < -0.4 is 10.9 Å². The average molecular weight is 324 g/mol. The number of benzene rings is 2. The normalized spacial score (nSPS) is 11.9. The summed E-state index contributed by atoms with van der Waals surface area (Å²) in [5.74, 6) is -1.20. The van der Waals surface area contributed by atoms with Crippen LogP contribution in [-0.4, -0.2) is 16.9 Å². The molecule has 0 aliphatic heterocycles. The summed E-state index contributed by atoms with van der Waals surface area (Å²) in [6.45, 7) is 1.77. The molecular weight excluding hydrogens is 308 g/mol. The Kier molecular flexibility index (Phi) is 4.31.